The second-order valence-electron chi connectivity index (χ2n) is 5.46. The summed E-state index contributed by atoms with van der Waals surface area (Å²) >= 11 is 14.0. The number of nitrogens with zero attached hydrogens (tertiary/aromatic N) is 2. The van der Waals surface area contributed by atoms with Crippen molar-refractivity contribution in [2.75, 3.05) is 5.75 Å². The first-order valence-electron chi connectivity index (χ1n) is 7.44. The molecule has 0 radical (unpaired) electrons. The van der Waals surface area contributed by atoms with Gasteiger partial charge >= 0.3 is 0 Å². The number of hydrogen-bond acceptors (Lipinski definition) is 3. The molecule has 0 spiro atoms. The molecule has 1 aromatic heterocycles. The number of benzene rings is 2. The molecule has 0 saturated carbocycles. The fourth-order valence-corrected chi connectivity index (χ4v) is 4.30. The summed E-state index contributed by atoms with van der Waals surface area (Å²) < 4.78 is 1.41. The van der Waals surface area contributed by atoms with Crippen LogP contribution >= 0.6 is 35.0 Å². The number of thioether (sulfide) groups is 1. The Bertz CT molecular complexity index is 983. The number of rotatable bonds is 1. The van der Waals surface area contributed by atoms with E-state index in [4.69, 9.17) is 23.2 Å². The number of fused-ring (bicyclic) bond motifs is 3. The summed E-state index contributed by atoms with van der Waals surface area (Å²) in [6, 6.07) is 14.5. The molecule has 1 aliphatic rings. The van der Waals surface area contributed by atoms with E-state index in [2.05, 4.69) is 5.10 Å². The summed E-state index contributed by atoms with van der Waals surface area (Å²) in [6.07, 6.45) is 0.786. The van der Waals surface area contributed by atoms with E-state index in [-0.39, 0.29) is 5.56 Å². The second-order valence-corrected chi connectivity index (χ2v) is 7.41. The molecule has 3 aromatic rings. The highest BCUT2D eigenvalue weighted by molar-refractivity contribution is 7.99. The molecule has 2 aromatic carbocycles. The standard InChI is InChI=1S/C18H12Cl2N2OS/c19-12-4-6-13(7-5-12)22-16(23)10-11-8-9-24-18-14(17(11)21-22)2-1-3-15(18)20/h1-7,10H,8-9H2. The molecular formula is C18H12Cl2N2OS. The molecule has 4 rings (SSSR count). The van der Waals surface area contributed by atoms with Crippen LogP contribution in [-0.2, 0) is 6.42 Å². The number of aromatic nitrogens is 2. The van der Waals surface area contributed by atoms with Gasteiger partial charge in [-0.2, -0.15) is 9.78 Å². The molecule has 2 heterocycles. The first-order valence-corrected chi connectivity index (χ1v) is 9.18. The topological polar surface area (TPSA) is 34.9 Å². The summed E-state index contributed by atoms with van der Waals surface area (Å²) in [5.41, 5.74) is 3.28. The van der Waals surface area contributed by atoms with Crippen LogP contribution in [-0.4, -0.2) is 15.5 Å². The minimum Gasteiger partial charge on any atom is -0.267 e. The predicted molar refractivity (Wildman–Crippen MR) is 99.7 cm³/mol. The minimum absolute atomic E-state index is 0.147. The monoisotopic (exact) mass is 374 g/mol. The van der Waals surface area contributed by atoms with Crippen molar-refractivity contribution in [3.8, 4) is 16.9 Å². The van der Waals surface area contributed by atoms with Crippen LogP contribution in [0.15, 0.2) is 58.2 Å². The minimum atomic E-state index is -0.147. The van der Waals surface area contributed by atoms with E-state index in [1.807, 2.05) is 18.2 Å². The largest absolute Gasteiger partial charge is 0.271 e. The van der Waals surface area contributed by atoms with Crippen LogP contribution in [0.3, 0.4) is 0 Å². The molecule has 1 aliphatic heterocycles. The van der Waals surface area contributed by atoms with Gasteiger partial charge in [0.05, 0.1) is 16.4 Å². The lowest BCUT2D eigenvalue weighted by molar-refractivity contribution is 0.801. The van der Waals surface area contributed by atoms with Gasteiger partial charge in [-0.3, -0.25) is 4.79 Å². The zero-order valence-corrected chi connectivity index (χ0v) is 14.8. The lowest BCUT2D eigenvalue weighted by Gasteiger charge is -2.12. The molecule has 0 amide bonds. The van der Waals surface area contributed by atoms with Gasteiger partial charge < -0.3 is 0 Å². The lowest BCUT2D eigenvalue weighted by atomic mass is 10.0. The maximum atomic E-state index is 12.5. The van der Waals surface area contributed by atoms with Crippen LogP contribution in [0.4, 0.5) is 0 Å². The first kappa shape index (κ1) is 15.8. The highest BCUT2D eigenvalue weighted by Crippen LogP contribution is 2.40. The van der Waals surface area contributed by atoms with Gasteiger partial charge in [0, 0.05) is 27.3 Å². The number of hydrogen-bond donors (Lipinski definition) is 0. The molecule has 24 heavy (non-hydrogen) atoms. The second kappa shape index (κ2) is 6.28. The van der Waals surface area contributed by atoms with Gasteiger partial charge in [0.25, 0.3) is 5.56 Å². The maximum Gasteiger partial charge on any atom is 0.271 e. The molecule has 0 aliphatic carbocycles. The maximum absolute atomic E-state index is 12.5. The van der Waals surface area contributed by atoms with Gasteiger partial charge in [0.1, 0.15) is 0 Å². The molecule has 0 saturated heterocycles. The summed E-state index contributed by atoms with van der Waals surface area (Å²) in [6.45, 7) is 0. The van der Waals surface area contributed by atoms with Gasteiger partial charge in [0.15, 0.2) is 0 Å². The van der Waals surface area contributed by atoms with Crippen molar-refractivity contribution in [1.82, 2.24) is 9.78 Å². The molecule has 0 fully saturated rings. The Morgan fingerprint density at radius 2 is 1.88 bits per heavy atom. The summed E-state index contributed by atoms with van der Waals surface area (Å²) in [5, 5.41) is 5.98. The average molecular weight is 375 g/mol. The molecule has 0 unspecified atom stereocenters. The van der Waals surface area contributed by atoms with E-state index in [1.165, 1.54) is 4.68 Å². The van der Waals surface area contributed by atoms with Crippen molar-refractivity contribution in [3.63, 3.8) is 0 Å². The van der Waals surface area contributed by atoms with E-state index in [0.29, 0.717) is 10.7 Å². The van der Waals surface area contributed by atoms with Crippen LogP contribution in [0.5, 0.6) is 0 Å². The van der Waals surface area contributed by atoms with Crippen molar-refractivity contribution in [1.29, 1.82) is 0 Å². The zero-order chi connectivity index (χ0) is 16.7. The van der Waals surface area contributed by atoms with Crippen LogP contribution < -0.4 is 5.56 Å². The SMILES string of the molecule is O=c1cc2c(nn1-c1ccc(Cl)cc1)-c1cccc(Cl)c1SCC2. The van der Waals surface area contributed by atoms with Gasteiger partial charge in [-0.05, 0) is 42.3 Å². The normalized spacial score (nSPS) is 13.1. The van der Waals surface area contributed by atoms with Crippen LogP contribution in [0, 0.1) is 0 Å². The average Bonchev–Trinajstić information content (AvgIpc) is 2.75. The first-order chi connectivity index (χ1) is 11.6. The zero-order valence-electron chi connectivity index (χ0n) is 12.5. The third-order valence-electron chi connectivity index (χ3n) is 3.92. The Balaban J connectivity index is 1.96. The summed E-state index contributed by atoms with van der Waals surface area (Å²) in [5.74, 6) is 0.871. The van der Waals surface area contributed by atoms with E-state index in [1.54, 1.807) is 42.1 Å². The predicted octanol–water partition coefficient (Wildman–Crippen LogP) is 4.85. The highest BCUT2D eigenvalue weighted by Gasteiger charge is 2.20. The van der Waals surface area contributed by atoms with E-state index < -0.39 is 0 Å². The Labute approximate surface area is 153 Å². The fourth-order valence-electron chi connectivity index (χ4n) is 2.78. The number of aryl methyl sites for hydroxylation is 1. The molecule has 6 heteroatoms. The molecule has 0 atom stereocenters. The quantitative estimate of drug-likeness (QED) is 0.610. The van der Waals surface area contributed by atoms with Crippen LogP contribution in [0.2, 0.25) is 10.0 Å². The van der Waals surface area contributed by atoms with Crippen molar-refractivity contribution >= 4 is 35.0 Å². The van der Waals surface area contributed by atoms with E-state index >= 15 is 0 Å². The van der Waals surface area contributed by atoms with Gasteiger partial charge in [0.2, 0.25) is 0 Å². The van der Waals surface area contributed by atoms with E-state index in [0.717, 1.165) is 38.9 Å². The van der Waals surface area contributed by atoms with Gasteiger partial charge in [-0.15, -0.1) is 11.8 Å². The highest BCUT2D eigenvalue weighted by atomic mass is 35.5. The summed E-state index contributed by atoms with van der Waals surface area (Å²) in [4.78, 5) is 13.5. The van der Waals surface area contributed by atoms with Crippen molar-refractivity contribution in [3.05, 3.63) is 74.5 Å². The third-order valence-corrected chi connectivity index (χ3v) is 5.74. The molecule has 0 bridgehead atoms. The Morgan fingerprint density at radius 1 is 1.08 bits per heavy atom. The molecule has 3 nitrogen and oxygen atoms in total. The van der Waals surface area contributed by atoms with Gasteiger partial charge in [-0.1, -0.05) is 35.3 Å². The van der Waals surface area contributed by atoms with Crippen molar-refractivity contribution in [2.45, 2.75) is 11.3 Å². The van der Waals surface area contributed by atoms with Crippen LogP contribution in [0.1, 0.15) is 5.56 Å². The number of halogens is 2. The molecule has 0 N–H and O–H groups in total. The molecule has 120 valence electrons. The summed E-state index contributed by atoms with van der Waals surface area (Å²) in [7, 11) is 0. The smallest absolute Gasteiger partial charge is 0.267 e. The van der Waals surface area contributed by atoms with Crippen LogP contribution in [0.25, 0.3) is 16.9 Å². The fraction of sp³-hybridized carbons (Fsp3) is 0.111. The lowest BCUT2D eigenvalue weighted by Crippen LogP contribution is -2.22. The van der Waals surface area contributed by atoms with Crippen molar-refractivity contribution in [2.24, 2.45) is 0 Å². The Hall–Kier alpha value is -1.75. The third kappa shape index (κ3) is 2.75. The van der Waals surface area contributed by atoms with Gasteiger partial charge in [-0.25, -0.2) is 0 Å². The molecular weight excluding hydrogens is 363 g/mol. The van der Waals surface area contributed by atoms with Crippen molar-refractivity contribution < 1.29 is 0 Å². The Morgan fingerprint density at radius 3 is 2.67 bits per heavy atom. The van der Waals surface area contributed by atoms with E-state index in [9.17, 15) is 4.79 Å². The Kier molecular flexibility index (Phi) is 4.12.